The highest BCUT2D eigenvalue weighted by molar-refractivity contribution is 5.80. The highest BCUT2D eigenvalue weighted by Crippen LogP contribution is 2.26. The number of hydrogen-bond donors (Lipinski definition) is 6. The van der Waals surface area contributed by atoms with E-state index < -0.39 is 67.4 Å². The Hall–Kier alpha value is -2.38. The summed E-state index contributed by atoms with van der Waals surface area (Å²) in [6, 6.07) is -1.03. The van der Waals surface area contributed by atoms with Gasteiger partial charge in [0.25, 0.3) is 0 Å². The largest absolute Gasteiger partial charge is 0.454 e. The number of hydrogen-bond acceptors (Lipinski definition) is 10. The molecule has 1 aliphatic rings. The minimum atomic E-state index is -1.62. The van der Waals surface area contributed by atoms with Gasteiger partial charge < -0.3 is 45.1 Å². The number of rotatable bonds is 48. The van der Waals surface area contributed by atoms with E-state index in [1.165, 1.54) is 122 Å². The van der Waals surface area contributed by atoms with E-state index in [-0.39, 0.29) is 13.0 Å². The lowest BCUT2D eigenvalue weighted by Crippen LogP contribution is -2.61. The Morgan fingerprint density at radius 3 is 1.54 bits per heavy atom. The molecule has 1 amide bonds. The fourth-order valence-electron chi connectivity index (χ4n) is 8.90. The van der Waals surface area contributed by atoms with Gasteiger partial charge in [-0.3, -0.25) is 9.59 Å². The van der Waals surface area contributed by atoms with Gasteiger partial charge in [0.05, 0.1) is 25.4 Å². The average molecular weight is 991 g/mol. The van der Waals surface area contributed by atoms with Crippen LogP contribution in [0.4, 0.5) is 0 Å². The number of esters is 1. The fraction of sp³-hybridized carbons (Fsp3) is 0.831. The van der Waals surface area contributed by atoms with Gasteiger partial charge in [0.1, 0.15) is 24.4 Å². The van der Waals surface area contributed by atoms with Crippen LogP contribution >= 0.6 is 0 Å². The van der Waals surface area contributed by atoms with Gasteiger partial charge in [0.2, 0.25) is 5.91 Å². The number of carbonyl (C=O) groups is 2. The number of carbonyl (C=O) groups excluding carboxylic acids is 2. The van der Waals surface area contributed by atoms with E-state index in [4.69, 9.17) is 14.2 Å². The van der Waals surface area contributed by atoms with Gasteiger partial charge >= 0.3 is 5.97 Å². The fourth-order valence-corrected chi connectivity index (χ4v) is 8.90. The molecule has 70 heavy (non-hydrogen) atoms. The van der Waals surface area contributed by atoms with Gasteiger partial charge in [0, 0.05) is 6.42 Å². The second-order valence-electron chi connectivity index (χ2n) is 20.0. The molecule has 1 saturated heterocycles. The van der Waals surface area contributed by atoms with Crippen molar-refractivity contribution in [2.24, 2.45) is 0 Å². The number of nitrogens with one attached hydrogen (secondary N) is 1. The number of unbranched alkanes of at least 4 members (excludes halogenated alkanes) is 28. The van der Waals surface area contributed by atoms with Crippen molar-refractivity contribution in [3.05, 3.63) is 48.6 Å². The number of allylic oxidation sites excluding steroid dienone is 7. The average Bonchev–Trinajstić information content (AvgIpc) is 3.36. The highest BCUT2D eigenvalue weighted by atomic mass is 16.7. The maximum absolute atomic E-state index is 13.4. The molecule has 0 aromatic carbocycles. The number of aliphatic hydroxyl groups excluding tert-OH is 5. The Bertz CT molecular complexity index is 1320. The van der Waals surface area contributed by atoms with Gasteiger partial charge in [-0.1, -0.05) is 236 Å². The molecule has 8 unspecified atom stereocenters. The summed E-state index contributed by atoms with van der Waals surface area (Å²) in [4.78, 5) is 26.4. The smallest absolute Gasteiger partial charge is 0.306 e. The number of amides is 1. The monoisotopic (exact) mass is 990 g/mol. The third kappa shape index (κ3) is 35.7. The first-order valence-electron chi connectivity index (χ1n) is 28.9. The normalized spacial score (nSPS) is 20.0. The van der Waals surface area contributed by atoms with Crippen molar-refractivity contribution in [2.75, 3.05) is 13.2 Å². The molecule has 1 aliphatic heterocycles. The first-order valence-corrected chi connectivity index (χ1v) is 28.9. The minimum Gasteiger partial charge on any atom is -0.454 e. The maximum atomic E-state index is 13.4. The van der Waals surface area contributed by atoms with Crippen molar-refractivity contribution >= 4 is 11.9 Å². The van der Waals surface area contributed by atoms with Crippen LogP contribution in [0.1, 0.15) is 252 Å². The molecule has 0 radical (unpaired) electrons. The van der Waals surface area contributed by atoms with Crippen LogP contribution in [0, 0.1) is 0 Å². The van der Waals surface area contributed by atoms with Gasteiger partial charge in [0.15, 0.2) is 12.4 Å². The van der Waals surface area contributed by atoms with E-state index >= 15 is 0 Å². The lowest BCUT2D eigenvalue weighted by Gasteiger charge is -2.41. The first-order chi connectivity index (χ1) is 34.2. The quantitative estimate of drug-likeness (QED) is 0.0196. The Morgan fingerprint density at radius 1 is 0.571 bits per heavy atom. The molecule has 0 bridgehead atoms. The molecule has 1 heterocycles. The summed E-state index contributed by atoms with van der Waals surface area (Å²) >= 11 is 0. The standard InChI is InChI=1S/C59H107NO10/c1-4-7-10-13-16-19-22-25-28-31-34-37-40-43-46-52(63)58(67)60-50(51(62)45-42-39-36-33-30-27-24-21-18-15-12-9-6-3)49-68-59-57(56(66)55(65)53(48-61)69-59)70-54(64)47-44-41-38-35-32-29-26-23-20-17-14-11-8-5-2/h8,11,17,20,26,29,42,45,50-53,55-57,59,61-63,65-66H,4-7,9-10,12-16,18-19,21-25,27-28,30-41,43-44,46-49H2,1-3H3,(H,60,67)/b11-8+,20-17+,29-26+,45-42+. The van der Waals surface area contributed by atoms with Crippen LogP contribution in [-0.2, 0) is 23.8 Å². The molecule has 11 nitrogen and oxygen atoms in total. The Balaban J connectivity index is 2.75. The van der Waals surface area contributed by atoms with E-state index in [0.717, 1.165) is 83.5 Å². The van der Waals surface area contributed by atoms with Crippen molar-refractivity contribution in [2.45, 2.75) is 301 Å². The second kappa shape index (κ2) is 47.6. The molecule has 6 N–H and O–H groups in total. The predicted octanol–water partition coefficient (Wildman–Crippen LogP) is 12.9. The zero-order valence-corrected chi connectivity index (χ0v) is 44.9. The molecule has 1 fully saturated rings. The van der Waals surface area contributed by atoms with E-state index in [2.05, 4.69) is 62.5 Å². The summed E-state index contributed by atoms with van der Waals surface area (Å²) in [7, 11) is 0. The van der Waals surface area contributed by atoms with Crippen molar-refractivity contribution in [3.63, 3.8) is 0 Å². The van der Waals surface area contributed by atoms with E-state index in [9.17, 15) is 35.1 Å². The predicted molar refractivity (Wildman–Crippen MR) is 287 cm³/mol. The van der Waals surface area contributed by atoms with E-state index in [1.54, 1.807) is 6.08 Å². The zero-order chi connectivity index (χ0) is 51.1. The molecular weight excluding hydrogens is 883 g/mol. The summed E-state index contributed by atoms with van der Waals surface area (Å²) in [5.41, 5.74) is 0. The maximum Gasteiger partial charge on any atom is 0.306 e. The molecule has 0 saturated carbocycles. The molecule has 0 aromatic rings. The Kier molecular flexibility index (Phi) is 44.6. The van der Waals surface area contributed by atoms with Crippen LogP contribution in [0.25, 0.3) is 0 Å². The lowest BCUT2D eigenvalue weighted by molar-refractivity contribution is -0.305. The van der Waals surface area contributed by atoms with Crippen molar-refractivity contribution < 1.29 is 49.3 Å². The molecule has 408 valence electrons. The van der Waals surface area contributed by atoms with Gasteiger partial charge in [-0.05, 0) is 57.8 Å². The molecule has 8 atom stereocenters. The number of aliphatic hydroxyl groups is 5. The second-order valence-corrected chi connectivity index (χ2v) is 20.0. The molecule has 0 spiro atoms. The zero-order valence-electron chi connectivity index (χ0n) is 44.9. The van der Waals surface area contributed by atoms with Crippen molar-refractivity contribution in [3.8, 4) is 0 Å². The van der Waals surface area contributed by atoms with E-state index in [1.807, 2.05) is 6.08 Å². The first kappa shape index (κ1) is 65.6. The molecular formula is C59H107NO10. The molecule has 1 rings (SSSR count). The van der Waals surface area contributed by atoms with Crippen molar-refractivity contribution in [1.82, 2.24) is 5.32 Å². The van der Waals surface area contributed by atoms with Crippen LogP contribution in [0.2, 0.25) is 0 Å². The van der Waals surface area contributed by atoms with Gasteiger partial charge in [-0.25, -0.2) is 0 Å². The van der Waals surface area contributed by atoms with Gasteiger partial charge in [-0.2, -0.15) is 0 Å². The molecule has 11 heteroatoms. The van der Waals surface area contributed by atoms with Crippen LogP contribution in [0.15, 0.2) is 48.6 Å². The Morgan fingerprint density at radius 2 is 1.03 bits per heavy atom. The number of ether oxygens (including phenoxy) is 3. The van der Waals surface area contributed by atoms with Crippen LogP contribution in [0.5, 0.6) is 0 Å². The summed E-state index contributed by atoms with van der Waals surface area (Å²) in [6.45, 7) is 5.66. The molecule has 0 aromatic heterocycles. The van der Waals surface area contributed by atoms with Crippen LogP contribution in [0.3, 0.4) is 0 Å². The SMILES string of the molecule is CC/C=C/C/C=C/C/C=C/CCCCCCC(=O)OC1C(OCC(NC(=O)C(O)CCCCCCCCCCCCCCCC)C(O)/C=C/CCCCCCCCCCCCC)OC(CO)C(O)C1O. The topological polar surface area (TPSA) is 175 Å². The Labute approximate surface area is 427 Å². The lowest BCUT2D eigenvalue weighted by atomic mass is 9.99. The van der Waals surface area contributed by atoms with E-state index in [0.29, 0.717) is 19.3 Å². The third-order valence-electron chi connectivity index (χ3n) is 13.5. The summed E-state index contributed by atoms with van der Waals surface area (Å²) in [6.07, 6.45) is 45.8. The summed E-state index contributed by atoms with van der Waals surface area (Å²) in [5, 5.41) is 56.8. The summed E-state index contributed by atoms with van der Waals surface area (Å²) < 4.78 is 17.5. The van der Waals surface area contributed by atoms with Gasteiger partial charge in [-0.15, -0.1) is 0 Å². The minimum absolute atomic E-state index is 0.0983. The highest BCUT2D eigenvalue weighted by Gasteiger charge is 2.47. The van der Waals surface area contributed by atoms with Crippen LogP contribution in [-0.4, -0.2) is 99.6 Å². The van der Waals surface area contributed by atoms with Crippen LogP contribution < -0.4 is 5.32 Å². The third-order valence-corrected chi connectivity index (χ3v) is 13.5. The molecule has 0 aliphatic carbocycles. The summed E-state index contributed by atoms with van der Waals surface area (Å²) in [5.74, 6) is -1.21. The van der Waals surface area contributed by atoms with Crippen molar-refractivity contribution in [1.29, 1.82) is 0 Å².